The minimum atomic E-state index is -0.0266. The zero-order valence-electron chi connectivity index (χ0n) is 9.67. The molecule has 2 rings (SSSR count). The number of thioether (sulfide) groups is 1. The third kappa shape index (κ3) is 2.89. The molecule has 0 aromatic rings. The summed E-state index contributed by atoms with van der Waals surface area (Å²) in [5.41, 5.74) is 0. The quantitative estimate of drug-likeness (QED) is 0.775. The van der Waals surface area contributed by atoms with Crippen molar-refractivity contribution >= 4 is 11.8 Å². The summed E-state index contributed by atoms with van der Waals surface area (Å²) in [5.74, 6) is 0. The minimum absolute atomic E-state index is 0.0266. The molecule has 0 spiro atoms. The Labute approximate surface area is 97.2 Å². The monoisotopic (exact) mass is 229 g/mol. The van der Waals surface area contributed by atoms with Crippen LogP contribution in [0, 0.1) is 0 Å². The van der Waals surface area contributed by atoms with Crippen LogP contribution in [0.3, 0.4) is 0 Å². The van der Waals surface area contributed by atoms with Crippen molar-refractivity contribution in [3.63, 3.8) is 0 Å². The molecule has 2 N–H and O–H groups in total. The molecule has 0 aromatic heterocycles. The van der Waals surface area contributed by atoms with Crippen LogP contribution in [0.5, 0.6) is 0 Å². The summed E-state index contributed by atoms with van der Waals surface area (Å²) in [7, 11) is 0. The van der Waals surface area contributed by atoms with Crippen LogP contribution in [0.1, 0.15) is 44.9 Å². The van der Waals surface area contributed by atoms with Crippen molar-refractivity contribution in [2.24, 2.45) is 0 Å². The van der Waals surface area contributed by atoms with E-state index in [9.17, 15) is 5.11 Å². The van der Waals surface area contributed by atoms with Gasteiger partial charge in [0, 0.05) is 17.3 Å². The van der Waals surface area contributed by atoms with E-state index in [0.717, 1.165) is 25.7 Å². The second-order valence-electron chi connectivity index (χ2n) is 5.13. The molecule has 2 nitrogen and oxygen atoms in total. The molecule has 3 heteroatoms. The zero-order valence-corrected chi connectivity index (χ0v) is 10.5. The maximum Gasteiger partial charge on any atom is 0.0541 e. The zero-order chi connectivity index (χ0) is 10.7. The van der Waals surface area contributed by atoms with Crippen LogP contribution in [0.2, 0.25) is 0 Å². The Kier molecular flexibility index (Phi) is 3.97. The summed E-state index contributed by atoms with van der Waals surface area (Å²) in [4.78, 5) is 0. The lowest BCUT2D eigenvalue weighted by atomic mass is 9.83. The second kappa shape index (κ2) is 5.07. The Bertz CT molecular complexity index is 192. The molecule has 0 radical (unpaired) electrons. The summed E-state index contributed by atoms with van der Waals surface area (Å²) < 4.78 is 0.552. The van der Waals surface area contributed by atoms with E-state index in [4.69, 9.17) is 0 Å². The number of nitrogens with one attached hydrogen (secondary N) is 1. The highest BCUT2D eigenvalue weighted by Gasteiger charge is 2.36. The van der Waals surface area contributed by atoms with Gasteiger partial charge in [-0.1, -0.05) is 6.42 Å². The van der Waals surface area contributed by atoms with Crippen LogP contribution in [-0.4, -0.2) is 34.8 Å². The summed E-state index contributed by atoms with van der Waals surface area (Å²) >= 11 is 2.04. The molecular formula is C12H23NOS. The largest absolute Gasteiger partial charge is 0.393 e. The highest BCUT2D eigenvalue weighted by Crippen LogP contribution is 2.42. The molecule has 0 unspecified atom stereocenters. The summed E-state index contributed by atoms with van der Waals surface area (Å²) in [6.07, 6.45) is 10.7. The number of aliphatic hydroxyl groups excluding tert-OH is 1. The van der Waals surface area contributed by atoms with E-state index in [1.807, 2.05) is 11.8 Å². The van der Waals surface area contributed by atoms with Gasteiger partial charge in [-0.15, -0.1) is 0 Å². The van der Waals surface area contributed by atoms with Gasteiger partial charge in [-0.05, 0) is 44.8 Å². The van der Waals surface area contributed by atoms with E-state index in [0.29, 0.717) is 10.8 Å². The fourth-order valence-electron chi connectivity index (χ4n) is 2.63. The van der Waals surface area contributed by atoms with Crippen molar-refractivity contribution in [3.05, 3.63) is 0 Å². The lowest BCUT2D eigenvalue weighted by Crippen LogP contribution is -2.47. The van der Waals surface area contributed by atoms with Crippen LogP contribution in [0.4, 0.5) is 0 Å². The van der Waals surface area contributed by atoms with E-state index in [2.05, 4.69) is 11.6 Å². The van der Waals surface area contributed by atoms with Gasteiger partial charge in [-0.25, -0.2) is 0 Å². The van der Waals surface area contributed by atoms with Crippen molar-refractivity contribution < 1.29 is 5.11 Å². The van der Waals surface area contributed by atoms with Gasteiger partial charge < -0.3 is 10.4 Å². The maximum absolute atomic E-state index is 9.43. The van der Waals surface area contributed by atoms with Crippen LogP contribution < -0.4 is 5.32 Å². The number of hydrogen-bond acceptors (Lipinski definition) is 3. The van der Waals surface area contributed by atoms with Gasteiger partial charge in [0.15, 0.2) is 0 Å². The van der Waals surface area contributed by atoms with Crippen molar-refractivity contribution in [1.29, 1.82) is 0 Å². The topological polar surface area (TPSA) is 32.3 Å². The molecule has 15 heavy (non-hydrogen) atoms. The van der Waals surface area contributed by atoms with Gasteiger partial charge in [-0.2, -0.15) is 11.8 Å². The maximum atomic E-state index is 9.43. The number of aliphatic hydroxyl groups is 1. The average molecular weight is 229 g/mol. The van der Waals surface area contributed by atoms with Gasteiger partial charge in [0.25, 0.3) is 0 Å². The third-order valence-electron chi connectivity index (χ3n) is 4.11. The first-order valence-corrected chi connectivity index (χ1v) is 7.43. The molecule has 0 aliphatic heterocycles. The molecule has 0 atom stereocenters. The molecule has 0 aromatic carbocycles. The molecule has 0 bridgehead atoms. The first kappa shape index (κ1) is 11.7. The summed E-state index contributed by atoms with van der Waals surface area (Å²) in [6.45, 7) is 1.18. The van der Waals surface area contributed by atoms with Gasteiger partial charge >= 0.3 is 0 Å². The molecule has 0 amide bonds. The molecule has 2 fully saturated rings. The van der Waals surface area contributed by atoms with E-state index in [-0.39, 0.29) is 6.10 Å². The Morgan fingerprint density at radius 1 is 1.27 bits per heavy atom. The normalized spacial score (nSPS) is 34.8. The van der Waals surface area contributed by atoms with Gasteiger partial charge in [0.2, 0.25) is 0 Å². The molecule has 0 saturated heterocycles. The number of rotatable bonds is 4. The van der Waals surface area contributed by atoms with Gasteiger partial charge in [0.05, 0.1) is 6.10 Å². The summed E-state index contributed by atoms with van der Waals surface area (Å²) in [5, 5.41) is 13.1. The molecule has 2 aliphatic rings. The van der Waals surface area contributed by atoms with Gasteiger partial charge in [0.1, 0.15) is 0 Å². The first-order valence-electron chi connectivity index (χ1n) is 6.21. The van der Waals surface area contributed by atoms with E-state index in [1.165, 1.54) is 25.8 Å². The van der Waals surface area contributed by atoms with Crippen LogP contribution >= 0.6 is 11.8 Å². The van der Waals surface area contributed by atoms with Crippen LogP contribution in [-0.2, 0) is 0 Å². The fraction of sp³-hybridized carbons (Fsp3) is 1.00. The summed E-state index contributed by atoms with van der Waals surface area (Å²) in [6, 6.07) is 0.665. The van der Waals surface area contributed by atoms with Crippen molar-refractivity contribution in [2.75, 3.05) is 12.8 Å². The SMILES string of the molecule is CSC1(CNC2CCC(O)CC2)CCC1. The van der Waals surface area contributed by atoms with E-state index < -0.39 is 0 Å². The smallest absolute Gasteiger partial charge is 0.0541 e. The predicted octanol–water partition coefficient (Wildman–Crippen LogP) is 2.17. The fourth-order valence-corrected chi connectivity index (χ4v) is 3.56. The molecule has 0 heterocycles. The van der Waals surface area contributed by atoms with E-state index in [1.54, 1.807) is 0 Å². The third-order valence-corrected chi connectivity index (χ3v) is 5.53. The molecular weight excluding hydrogens is 206 g/mol. The van der Waals surface area contributed by atoms with Gasteiger partial charge in [-0.3, -0.25) is 0 Å². The van der Waals surface area contributed by atoms with Crippen LogP contribution in [0.15, 0.2) is 0 Å². The predicted molar refractivity (Wildman–Crippen MR) is 66.4 cm³/mol. The Morgan fingerprint density at radius 2 is 1.93 bits per heavy atom. The Balaban J connectivity index is 1.69. The highest BCUT2D eigenvalue weighted by atomic mass is 32.2. The molecule has 88 valence electrons. The lowest BCUT2D eigenvalue weighted by Gasteiger charge is -2.42. The number of hydrogen-bond donors (Lipinski definition) is 2. The first-order chi connectivity index (χ1) is 7.24. The Morgan fingerprint density at radius 3 is 2.40 bits per heavy atom. The molecule has 2 saturated carbocycles. The standard InChI is InChI=1S/C12H23NOS/c1-15-12(7-2-8-12)9-13-10-3-5-11(14)6-4-10/h10-11,13-14H,2-9H2,1H3. The molecule has 2 aliphatic carbocycles. The second-order valence-corrected chi connectivity index (χ2v) is 6.40. The Hall–Kier alpha value is 0.270. The highest BCUT2D eigenvalue weighted by molar-refractivity contribution is 8.00. The average Bonchev–Trinajstić information content (AvgIpc) is 2.20. The minimum Gasteiger partial charge on any atom is -0.393 e. The van der Waals surface area contributed by atoms with Crippen molar-refractivity contribution in [2.45, 2.75) is 61.8 Å². The van der Waals surface area contributed by atoms with E-state index >= 15 is 0 Å². The lowest BCUT2D eigenvalue weighted by molar-refractivity contribution is 0.115. The van der Waals surface area contributed by atoms with Crippen molar-refractivity contribution in [3.8, 4) is 0 Å². The van der Waals surface area contributed by atoms with Crippen LogP contribution in [0.25, 0.3) is 0 Å². The van der Waals surface area contributed by atoms with Crippen molar-refractivity contribution in [1.82, 2.24) is 5.32 Å².